The van der Waals surface area contributed by atoms with Gasteiger partial charge in [-0.05, 0) is 73.7 Å². The van der Waals surface area contributed by atoms with Crippen molar-refractivity contribution in [3.63, 3.8) is 0 Å². The largest absolute Gasteiger partial charge is 0.548 e. The first-order valence-electron chi connectivity index (χ1n) is 16.9. The molecule has 2 N–H and O–H groups in total. The maximum atomic E-state index is 13.4. The van der Waals surface area contributed by atoms with Gasteiger partial charge in [0, 0.05) is 45.5 Å². The van der Waals surface area contributed by atoms with E-state index in [1.165, 1.54) is 38.0 Å². The number of hydrogen-bond acceptors (Lipinski definition) is 10. The highest BCUT2D eigenvalue weighted by Gasteiger charge is 2.49. The zero-order chi connectivity index (χ0) is 36.1. The van der Waals surface area contributed by atoms with Crippen LogP contribution in [0.4, 0.5) is 0 Å². The fraction of sp³-hybridized carbons (Fsp3) is 0.395. The van der Waals surface area contributed by atoms with Crippen LogP contribution in [0.2, 0.25) is 10.0 Å². The molecular weight excluding hydrogens is 713 g/mol. The fourth-order valence-corrected chi connectivity index (χ4v) is 9.13. The molecule has 3 atom stereocenters. The molecule has 0 spiro atoms. The number of ether oxygens (including phenoxy) is 3. The van der Waals surface area contributed by atoms with Gasteiger partial charge >= 0.3 is 5.97 Å². The zero-order valence-electron chi connectivity index (χ0n) is 28.5. The van der Waals surface area contributed by atoms with Gasteiger partial charge in [-0.2, -0.15) is 0 Å². The Kier molecular flexibility index (Phi) is 11.7. The molecule has 270 valence electrons. The minimum atomic E-state index is -1.31. The average Bonchev–Trinajstić information content (AvgIpc) is 3.58. The summed E-state index contributed by atoms with van der Waals surface area (Å²) in [7, 11) is 3.06. The number of benzene rings is 2. The lowest BCUT2D eigenvalue weighted by Gasteiger charge is -2.54. The number of hydrogen-bond donors (Lipinski definition) is 2. The lowest BCUT2D eigenvalue weighted by atomic mass is 9.65. The molecule has 0 aliphatic carbocycles. The van der Waals surface area contributed by atoms with E-state index >= 15 is 0 Å². The van der Waals surface area contributed by atoms with Gasteiger partial charge < -0.3 is 34.3 Å². The van der Waals surface area contributed by atoms with Gasteiger partial charge in [-0.15, -0.1) is 11.3 Å². The van der Waals surface area contributed by atoms with Crippen molar-refractivity contribution < 1.29 is 38.8 Å². The van der Waals surface area contributed by atoms with Crippen molar-refractivity contribution in [2.24, 2.45) is 11.8 Å². The number of pyridine rings is 1. The predicted molar refractivity (Wildman–Crippen MR) is 191 cm³/mol. The van der Waals surface area contributed by atoms with E-state index in [2.05, 4.69) is 10.2 Å². The first-order chi connectivity index (χ1) is 24.6. The molecule has 5 heterocycles. The Morgan fingerprint density at radius 3 is 2.33 bits per heavy atom. The molecule has 0 saturated carbocycles. The molecule has 3 aliphatic heterocycles. The highest BCUT2D eigenvalue weighted by Crippen LogP contribution is 2.43. The molecule has 3 fully saturated rings. The number of carboxylic acids is 1. The Morgan fingerprint density at radius 2 is 1.71 bits per heavy atom. The number of rotatable bonds is 15. The number of halogens is 2. The van der Waals surface area contributed by atoms with Crippen LogP contribution >= 0.6 is 34.5 Å². The van der Waals surface area contributed by atoms with E-state index in [4.69, 9.17) is 37.4 Å². The van der Waals surface area contributed by atoms with Crippen molar-refractivity contribution in [1.82, 2.24) is 10.2 Å². The summed E-state index contributed by atoms with van der Waals surface area (Å²) in [6.45, 7) is 3.16. The summed E-state index contributed by atoms with van der Waals surface area (Å²) in [5, 5.41) is 26.9. The van der Waals surface area contributed by atoms with Crippen molar-refractivity contribution in [2.75, 3.05) is 40.4 Å². The Labute approximate surface area is 311 Å². The van der Waals surface area contributed by atoms with Gasteiger partial charge in [0.2, 0.25) is 12.4 Å². The van der Waals surface area contributed by atoms with E-state index in [9.17, 15) is 19.9 Å². The average molecular weight is 755 g/mol. The third-order valence-electron chi connectivity index (χ3n) is 10.1. The van der Waals surface area contributed by atoms with E-state index in [0.717, 1.165) is 52.5 Å². The Morgan fingerprint density at radius 1 is 1.02 bits per heavy atom. The van der Waals surface area contributed by atoms with Gasteiger partial charge in [0.1, 0.15) is 16.1 Å². The van der Waals surface area contributed by atoms with Crippen LogP contribution in [-0.4, -0.2) is 62.4 Å². The molecule has 1 unspecified atom stereocenters. The Hall–Kier alpha value is -3.87. The number of piperidine rings is 3. The first kappa shape index (κ1) is 36.9. The Bertz CT molecular complexity index is 1830. The number of carbonyl (C=O) groups excluding carboxylic acids is 2. The molecule has 2 bridgehead atoms. The summed E-state index contributed by atoms with van der Waals surface area (Å²) < 4.78 is 17.7. The second-order valence-electron chi connectivity index (χ2n) is 13.0. The summed E-state index contributed by atoms with van der Waals surface area (Å²) in [5.41, 5.74) is 0.555. The molecule has 4 aromatic rings. The lowest BCUT2D eigenvalue weighted by molar-refractivity contribution is -0.904. The van der Waals surface area contributed by atoms with E-state index in [1.807, 2.05) is 42.5 Å². The lowest BCUT2D eigenvalue weighted by Crippen LogP contribution is -2.66. The quantitative estimate of drug-likeness (QED) is 0.100. The summed E-state index contributed by atoms with van der Waals surface area (Å²) in [6.07, 6.45) is 4.56. The summed E-state index contributed by atoms with van der Waals surface area (Å²) in [4.78, 5) is 30.7. The van der Waals surface area contributed by atoms with Crippen molar-refractivity contribution in [2.45, 2.75) is 43.7 Å². The van der Waals surface area contributed by atoms with E-state index in [1.54, 1.807) is 18.2 Å². The number of aliphatic carboxylic acids is 1. The molecule has 7 rings (SSSR count). The SMILES string of the molecule is COc1ccc([C@H](Cc2c(Cl)c[n+](O)cc2Cl)OC(=O)Cc2ccc(CCNC(C(=O)[O-])(c3ccccc3)[C@H]3CN4CCC3CC4)s2)cc1OC. The number of nitrogens with one attached hydrogen (secondary N) is 1. The van der Waals surface area contributed by atoms with Crippen molar-refractivity contribution in [1.29, 1.82) is 0 Å². The van der Waals surface area contributed by atoms with Crippen molar-refractivity contribution >= 4 is 46.5 Å². The molecule has 2 aromatic heterocycles. The molecule has 3 aliphatic rings. The molecule has 10 nitrogen and oxygen atoms in total. The molecule has 3 saturated heterocycles. The third kappa shape index (κ3) is 8.13. The standard InChI is InChI=1S/C38H41Cl2N3O7S/c1-48-33-11-8-25(18-35(33)49-2)34(20-29-31(39)22-43(47)23-32(29)40)50-36(44)19-28-10-9-27(51-28)12-15-41-38(37(45)46,26-6-4-3-5-7-26)30-21-42-16-13-24(30)14-17-42/h3-11,18,22-24,30,34,41H,12-17,19-21H2,1-2H3,(H-,45,46,47)/t30-,34-,38?/m0/s1. The number of nitrogens with zero attached hydrogens (tertiary/aromatic N) is 2. The highest BCUT2D eigenvalue weighted by molar-refractivity contribution is 7.12. The molecular formula is C38H41Cl2N3O7S. The number of aromatic nitrogens is 1. The number of carboxylic acid groups (broad SMARTS) is 1. The second kappa shape index (κ2) is 16.2. The van der Waals surface area contributed by atoms with Crippen LogP contribution in [0.15, 0.2) is 73.1 Å². The predicted octanol–water partition coefficient (Wildman–Crippen LogP) is 4.79. The van der Waals surface area contributed by atoms with Crippen molar-refractivity contribution in [3.8, 4) is 11.5 Å². The third-order valence-corrected chi connectivity index (χ3v) is 11.9. The summed E-state index contributed by atoms with van der Waals surface area (Å²) in [5.74, 6) is -0.362. The minimum absolute atomic E-state index is 0.0291. The molecule has 0 amide bonds. The fourth-order valence-electron chi connectivity index (χ4n) is 7.52. The first-order valence-corrected chi connectivity index (χ1v) is 18.5. The van der Waals surface area contributed by atoms with E-state index in [0.29, 0.717) is 41.5 Å². The van der Waals surface area contributed by atoms with Crippen LogP contribution in [0.1, 0.15) is 45.4 Å². The monoisotopic (exact) mass is 753 g/mol. The second-order valence-corrected chi connectivity index (χ2v) is 15.1. The highest BCUT2D eigenvalue weighted by atomic mass is 35.5. The zero-order valence-corrected chi connectivity index (χ0v) is 30.8. The normalized spacial score (nSPS) is 20.0. The summed E-state index contributed by atoms with van der Waals surface area (Å²) in [6, 6.07) is 18.5. The van der Waals surface area contributed by atoms with Gasteiger partial charge in [0.15, 0.2) is 11.5 Å². The van der Waals surface area contributed by atoms with Gasteiger partial charge in [-0.3, -0.25) is 10.0 Å². The number of esters is 1. The van der Waals surface area contributed by atoms with Gasteiger partial charge in [0.25, 0.3) is 0 Å². The van der Waals surface area contributed by atoms with Crippen LogP contribution in [0.25, 0.3) is 0 Å². The molecule has 51 heavy (non-hydrogen) atoms. The molecule has 0 radical (unpaired) electrons. The van der Waals surface area contributed by atoms with Crippen LogP contribution in [0.3, 0.4) is 0 Å². The van der Waals surface area contributed by atoms with Crippen LogP contribution < -0.4 is 24.6 Å². The van der Waals surface area contributed by atoms with E-state index in [-0.39, 0.29) is 28.8 Å². The number of carbonyl (C=O) groups is 2. The van der Waals surface area contributed by atoms with Crippen LogP contribution in [-0.2, 0) is 39.1 Å². The van der Waals surface area contributed by atoms with Crippen LogP contribution in [0, 0.1) is 11.8 Å². The molecule has 2 aromatic carbocycles. The number of thiophene rings is 1. The van der Waals surface area contributed by atoms with Gasteiger partial charge in [0.05, 0.1) is 32.1 Å². The van der Waals surface area contributed by atoms with E-state index < -0.39 is 23.6 Å². The van der Waals surface area contributed by atoms with Crippen LogP contribution in [0.5, 0.6) is 11.5 Å². The smallest absolute Gasteiger partial charge is 0.311 e. The Balaban J connectivity index is 1.15. The van der Waals surface area contributed by atoms with Gasteiger partial charge in [-0.1, -0.05) is 59.6 Å². The molecule has 13 heteroatoms. The number of methoxy groups -OCH3 is 2. The maximum Gasteiger partial charge on any atom is 0.311 e. The number of fused-ring (bicyclic) bond motifs is 3. The van der Waals surface area contributed by atoms with Gasteiger partial charge in [-0.25, -0.2) is 0 Å². The minimum Gasteiger partial charge on any atom is -0.548 e. The summed E-state index contributed by atoms with van der Waals surface area (Å²) >= 11 is 14.4. The van der Waals surface area contributed by atoms with Crippen molar-refractivity contribution in [3.05, 3.63) is 110 Å². The maximum absolute atomic E-state index is 13.4. The topological polar surface area (TPSA) is 124 Å².